The van der Waals surface area contributed by atoms with Crippen LogP contribution in [0.25, 0.3) is 6.08 Å². The van der Waals surface area contributed by atoms with Crippen molar-refractivity contribution in [3.8, 4) is 0 Å². The zero-order chi connectivity index (χ0) is 8.39. The Morgan fingerprint density at radius 3 is 2.53 bits per heavy atom. The molecule has 2 rings (SSSR count). The number of fused-ring (bicyclic) bond motifs is 1. The van der Waals surface area contributed by atoms with Crippen molar-refractivity contribution in [2.24, 2.45) is 0 Å². The fourth-order valence-electron chi connectivity index (χ4n) is 1.77. The standard InChI is InChI=1S/C12H13.2ClH.Zr/c1-2-5-10-8-9-11-6-3-4-7-12(10)11;;;/h3-4,6-7,9-10H,2,5H2,1H3;2*1H;/q-1;;;. The smallest absolute Gasteiger partial charge is 0 e. The molecule has 0 aliphatic heterocycles. The van der Waals surface area contributed by atoms with Gasteiger partial charge in [-0.1, -0.05) is 43.9 Å². The number of hydrogen-bond donors (Lipinski definition) is 0. The Hall–Kier alpha value is 0.423. The molecule has 15 heavy (non-hydrogen) atoms. The second kappa shape index (κ2) is 8.56. The van der Waals surface area contributed by atoms with E-state index in [0.717, 1.165) is 0 Å². The van der Waals surface area contributed by atoms with Gasteiger partial charge in [0, 0.05) is 26.2 Å². The van der Waals surface area contributed by atoms with E-state index in [-0.39, 0.29) is 51.0 Å². The van der Waals surface area contributed by atoms with E-state index in [4.69, 9.17) is 0 Å². The van der Waals surface area contributed by atoms with E-state index in [1.807, 2.05) is 0 Å². The summed E-state index contributed by atoms with van der Waals surface area (Å²) in [6.45, 7) is 2.22. The molecule has 0 saturated heterocycles. The molecule has 0 nitrogen and oxygen atoms in total. The molecule has 0 fully saturated rings. The van der Waals surface area contributed by atoms with Gasteiger partial charge in [-0.15, -0.1) is 36.4 Å². The Kier molecular flexibility index (Phi) is 10.2. The van der Waals surface area contributed by atoms with E-state index in [2.05, 4.69) is 43.3 Å². The van der Waals surface area contributed by atoms with Gasteiger partial charge in [0.05, 0.1) is 0 Å². The van der Waals surface area contributed by atoms with Crippen molar-refractivity contribution in [1.82, 2.24) is 0 Å². The van der Waals surface area contributed by atoms with Gasteiger partial charge in [-0.3, -0.25) is 6.08 Å². The number of rotatable bonds is 2. The van der Waals surface area contributed by atoms with Crippen molar-refractivity contribution in [3.63, 3.8) is 0 Å². The first-order valence-corrected chi connectivity index (χ1v) is 4.60. The Morgan fingerprint density at radius 1 is 1.20 bits per heavy atom. The zero-order valence-corrected chi connectivity index (χ0v) is 12.8. The van der Waals surface area contributed by atoms with Gasteiger partial charge in [0.15, 0.2) is 0 Å². The van der Waals surface area contributed by atoms with Crippen LogP contribution in [0.3, 0.4) is 0 Å². The maximum atomic E-state index is 3.40. The van der Waals surface area contributed by atoms with E-state index in [9.17, 15) is 0 Å². The SMILES string of the molecule is CCCC1[C-]=Cc2ccccc21.Cl.Cl.[Zr]. The first kappa shape index (κ1) is 17.8. The summed E-state index contributed by atoms with van der Waals surface area (Å²) < 4.78 is 0. The quantitative estimate of drug-likeness (QED) is 0.715. The zero-order valence-electron chi connectivity index (χ0n) is 8.69. The minimum Gasteiger partial charge on any atom is -0.268 e. The number of halogens is 2. The fourth-order valence-corrected chi connectivity index (χ4v) is 1.77. The normalized spacial score (nSPS) is 15.7. The van der Waals surface area contributed by atoms with Crippen LogP contribution in [-0.2, 0) is 26.2 Å². The molecule has 1 aliphatic carbocycles. The Labute approximate surface area is 123 Å². The van der Waals surface area contributed by atoms with Gasteiger partial charge in [0.2, 0.25) is 0 Å². The maximum Gasteiger partial charge on any atom is 0 e. The minimum absolute atomic E-state index is 0. The monoisotopic (exact) mass is 319 g/mol. The maximum absolute atomic E-state index is 3.40. The molecule has 0 spiro atoms. The fraction of sp³-hybridized carbons (Fsp3) is 0.333. The molecule has 0 N–H and O–H groups in total. The number of allylic oxidation sites excluding steroid dienone is 1. The summed E-state index contributed by atoms with van der Waals surface area (Å²) in [7, 11) is 0. The summed E-state index contributed by atoms with van der Waals surface area (Å²) in [5.74, 6) is 0.561. The summed E-state index contributed by atoms with van der Waals surface area (Å²) in [6.07, 6.45) is 7.98. The molecule has 0 saturated carbocycles. The first-order valence-electron chi connectivity index (χ1n) is 4.60. The third kappa shape index (κ3) is 4.06. The van der Waals surface area contributed by atoms with Gasteiger partial charge in [-0.25, -0.2) is 6.08 Å². The molecule has 1 aliphatic rings. The molecular formula is C12H15Cl2Zr-. The van der Waals surface area contributed by atoms with E-state index in [1.54, 1.807) is 0 Å². The Bertz CT molecular complexity index is 310. The second-order valence-corrected chi connectivity index (χ2v) is 3.28. The Balaban J connectivity index is 0. The number of benzene rings is 1. The van der Waals surface area contributed by atoms with Crippen LogP contribution >= 0.6 is 24.8 Å². The third-order valence-corrected chi connectivity index (χ3v) is 2.39. The molecule has 0 heterocycles. The van der Waals surface area contributed by atoms with Crippen LogP contribution in [-0.4, -0.2) is 0 Å². The summed E-state index contributed by atoms with van der Waals surface area (Å²) in [6, 6.07) is 8.58. The summed E-state index contributed by atoms with van der Waals surface area (Å²) in [5.41, 5.74) is 2.82. The molecule has 0 bridgehead atoms. The van der Waals surface area contributed by atoms with Crippen LogP contribution in [0.5, 0.6) is 0 Å². The van der Waals surface area contributed by atoms with Crippen LogP contribution in [0, 0.1) is 6.08 Å². The first-order chi connectivity index (χ1) is 5.92. The molecule has 0 amide bonds. The van der Waals surface area contributed by atoms with Crippen molar-refractivity contribution >= 4 is 30.9 Å². The largest absolute Gasteiger partial charge is 0.268 e. The van der Waals surface area contributed by atoms with E-state index in [1.165, 1.54) is 24.0 Å². The number of hydrogen-bond acceptors (Lipinski definition) is 0. The molecule has 1 atom stereocenters. The van der Waals surface area contributed by atoms with Crippen LogP contribution < -0.4 is 0 Å². The predicted octanol–water partition coefficient (Wildman–Crippen LogP) is 4.24. The van der Waals surface area contributed by atoms with Gasteiger partial charge in [-0.05, 0) is 0 Å². The predicted molar refractivity (Wildman–Crippen MR) is 66.3 cm³/mol. The van der Waals surface area contributed by atoms with E-state index < -0.39 is 0 Å². The van der Waals surface area contributed by atoms with Gasteiger partial charge < -0.3 is 0 Å². The van der Waals surface area contributed by atoms with Crippen molar-refractivity contribution in [3.05, 3.63) is 41.5 Å². The minimum atomic E-state index is 0. The molecular weight excluding hydrogens is 306 g/mol. The van der Waals surface area contributed by atoms with Crippen LogP contribution in [0.2, 0.25) is 0 Å². The van der Waals surface area contributed by atoms with Crippen LogP contribution in [0.4, 0.5) is 0 Å². The second-order valence-electron chi connectivity index (χ2n) is 3.28. The van der Waals surface area contributed by atoms with Crippen molar-refractivity contribution in [1.29, 1.82) is 0 Å². The summed E-state index contributed by atoms with van der Waals surface area (Å²) in [5, 5.41) is 0. The molecule has 1 aromatic rings. The van der Waals surface area contributed by atoms with Gasteiger partial charge in [0.25, 0.3) is 0 Å². The molecule has 1 aromatic carbocycles. The van der Waals surface area contributed by atoms with Crippen molar-refractivity contribution < 1.29 is 26.2 Å². The average molecular weight is 321 g/mol. The Morgan fingerprint density at radius 2 is 1.87 bits per heavy atom. The third-order valence-electron chi connectivity index (χ3n) is 2.39. The topological polar surface area (TPSA) is 0 Å². The van der Waals surface area contributed by atoms with Crippen molar-refractivity contribution in [2.75, 3.05) is 0 Å². The molecule has 0 radical (unpaired) electrons. The van der Waals surface area contributed by atoms with E-state index in [0.29, 0.717) is 5.92 Å². The van der Waals surface area contributed by atoms with Crippen LogP contribution in [0.1, 0.15) is 36.8 Å². The van der Waals surface area contributed by atoms with Gasteiger partial charge >= 0.3 is 0 Å². The van der Waals surface area contributed by atoms with Crippen LogP contribution in [0.15, 0.2) is 24.3 Å². The molecule has 3 heteroatoms. The molecule has 0 aromatic heterocycles. The summed E-state index contributed by atoms with van der Waals surface area (Å²) in [4.78, 5) is 0. The average Bonchev–Trinajstić information content (AvgIpc) is 2.50. The van der Waals surface area contributed by atoms with Gasteiger partial charge in [0.1, 0.15) is 0 Å². The van der Waals surface area contributed by atoms with Gasteiger partial charge in [-0.2, -0.15) is 5.56 Å². The molecule has 82 valence electrons. The molecule has 1 unspecified atom stereocenters. The summed E-state index contributed by atoms with van der Waals surface area (Å²) >= 11 is 0. The van der Waals surface area contributed by atoms with Crippen molar-refractivity contribution in [2.45, 2.75) is 25.7 Å². The van der Waals surface area contributed by atoms with E-state index >= 15 is 0 Å².